The molecule has 0 saturated heterocycles. The SMILES string of the molecule is Cc1nc(=O)n(Cc2ccc(Br)cc2Cl)c(C)c1Br. The number of hydrogen-bond acceptors (Lipinski definition) is 2. The molecule has 0 amide bonds. The Labute approximate surface area is 132 Å². The van der Waals surface area contributed by atoms with E-state index in [1.807, 2.05) is 25.1 Å². The van der Waals surface area contributed by atoms with Gasteiger partial charge in [0.15, 0.2) is 0 Å². The van der Waals surface area contributed by atoms with E-state index < -0.39 is 0 Å². The van der Waals surface area contributed by atoms with Crippen LogP contribution < -0.4 is 5.69 Å². The van der Waals surface area contributed by atoms with E-state index in [4.69, 9.17) is 11.6 Å². The molecule has 0 aliphatic heterocycles. The van der Waals surface area contributed by atoms with Crippen molar-refractivity contribution in [2.75, 3.05) is 0 Å². The molecule has 3 nitrogen and oxygen atoms in total. The molecule has 100 valence electrons. The van der Waals surface area contributed by atoms with Crippen molar-refractivity contribution < 1.29 is 0 Å². The van der Waals surface area contributed by atoms with Gasteiger partial charge in [-0.3, -0.25) is 4.57 Å². The highest BCUT2D eigenvalue weighted by molar-refractivity contribution is 9.10. The lowest BCUT2D eigenvalue weighted by molar-refractivity contribution is 0.688. The molecule has 0 saturated carbocycles. The molecule has 1 heterocycles. The third-order valence-electron chi connectivity index (χ3n) is 2.88. The van der Waals surface area contributed by atoms with E-state index in [-0.39, 0.29) is 5.69 Å². The van der Waals surface area contributed by atoms with Crippen LogP contribution in [-0.2, 0) is 6.54 Å². The van der Waals surface area contributed by atoms with Crippen LogP contribution in [0.2, 0.25) is 5.02 Å². The first-order chi connectivity index (χ1) is 8.90. The maximum Gasteiger partial charge on any atom is 0.348 e. The summed E-state index contributed by atoms with van der Waals surface area (Å²) in [5.41, 5.74) is 2.15. The van der Waals surface area contributed by atoms with Crippen LogP contribution in [0.3, 0.4) is 0 Å². The van der Waals surface area contributed by atoms with Crippen molar-refractivity contribution in [3.05, 3.63) is 59.6 Å². The molecule has 0 bridgehead atoms. The summed E-state index contributed by atoms with van der Waals surface area (Å²) in [5.74, 6) is 0. The summed E-state index contributed by atoms with van der Waals surface area (Å²) in [6.45, 7) is 4.09. The first-order valence-electron chi connectivity index (χ1n) is 5.57. The zero-order chi connectivity index (χ0) is 14.2. The maximum atomic E-state index is 12.0. The fraction of sp³-hybridized carbons (Fsp3) is 0.231. The highest BCUT2D eigenvalue weighted by atomic mass is 79.9. The molecule has 0 radical (unpaired) electrons. The molecule has 6 heteroatoms. The minimum atomic E-state index is -0.266. The molecule has 0 fully saturated rings. The van der Waals surface area contributed by atoms with Crippen LogP contribution >= 0.6 is 43.5 Å². The summed E-state index contributed by atoms with van der Waals surface area (Å²) in [5, 5.41) is 0.623. The fourth-order valence-corrected chi connectivity index (χ4v) is 2.82. The van der Waals surface area contributed by atoms with Gasteiger partial charge in [0.1, 0.15) is 0 Å². The van der Waals surface area contributed by atoms with Gasteiger partial charge in [-0.15, -0.1) is 0 Å². The predicted octanol–water partition coefficient (Wildman–Crippen LogP) is 4.09. The molecule has 0 aliphatic carbocycles. The third kappa shape index (κ3) is 3.09. The Morgan fingerprint density at radius 2 is 2.00 bits per heavy atom. The van der Waals surface area contributed by atoms with Crippen molar-refractivity contribution in [3.63, 3.8) is 0 Å². The Kier molecular flexibility index (Phi) is 4.48. The smallest absolute Gasteiger partial charge is 0.291 e. The number of rotatable bonds is 2. The summed E-state index contributed by atoms with van der Waals surface area (Å²) in [4.78, 5) is 16.0. The van der Waals surface area contributed by atoms with Gasteiger partial charge in [-0.1, -0.05) is 33.6 Å². The van der Waals surface area contributed by atoms with Crippen molar-refractivity contribution in [2.24, 2.45) is 0 Å². The van der Waals surface area contributed by atoms with Crippen LogP contribution in [0.15, 0.2) is 31.9 Å². The summed E-state index contributed by atoms with van der Waals surface area (Å²) >= 11 is 13.0. The second kappa shape index (κ2) is 5.77. The van der Waals surface area contributed by atoms with E-state index in [9.17, 15) is 4.79 Å². The van der Waals surface area contributed by atoms with Crippen molar-refractivity contribution >= 4 is 43.5 Å². The second-order valence-electron chi connectivity index (χ2n) is 4.20. The largest absolute Gasteiger partial charge is 0.348 e. The first-order valence-corrected chi connectivity index (χ1v) is 7.54. The van der Waals surface area contributed by atoms with Gasteiger partial charge in [0.2, 0.25) is 0 Å². The minimum Gasteiger partial charge on any atom is -0.291 e. The highest BCUT2D eigenvalue weighted by Crippen LogP contribution is 2.23. The number of aromatic nitrogens is 2. The van der Waals surface area contributed by atoms with E-state index >= 15 is 0 Å². The minimum absolute atomic E-state index is 0.266. The van der Waals surface area contributed by atoms with Crippen molar-refractivity contribution in [1.29, 1.82) is 0 Å². The Morgan fingerprint density at radius 1 is 1.32 bits per heavy atom. The van der Waals surface area contributed by atoms with Crippen molar-refractivity contribution in [3.8, 4) is 0 Å². The average molecular weight is 407 g/mol. The van der Waals surface area contributed by atoms with E-state index in [0.717, 1.165) is 20.2 Å². The number of halogens is 3. The standard InChI is InChI=1S/C13H11Br2ClN2O/c1-7-12(15)8(2)18(13(19)17-7)6-9-3-4-10(14)5-11(9)16/h3-5H,6H2,1-2H3. The van der Waals surface area contributed by atoms with Gasteiger partial charge >= 0.3 is 5.69 Å². The molecule has 0 aliphatic rings. The number of aryl methyl sites for hydroxylation is 1. The monoisotopic (exact) mass is 404 g/mol. The topological polar surface area (TPSA) is 34.9 Å². The second-order valence-corrected chi connectivity index (χ2v) is 6.32. The van der Waals surface area contributed by atoms with Crippen LogP contribution in [0, 0.1) is 13.8 Å². The molecule has 1 aromatic heterocycles. The van der Waals surface area contributed by atoms with E-state index in [1.165, 1.54) is 0 Å². The van der Waals surface area contributed by atoms with Crippen LogP contribution in [-0.4, -0.2) is 9.55 Å². The first kappa shape index (κ1) is 14.8. The van der Waals surface area contributed by atoms with Gasteiger partial charge in [-0.25, -0.2) is 4.79 Å². The summed E-state index contributed by atoms with van der Waals surface area (Å²) in [6.07, 6.45) is 0. The zero-order valence-electron chi connectivity index (χ0n) is 10.4. The molecular weight excluding hydrogens is 395 g/mol. The van der Waals surface area contributed by atoms with Crippen molar-refractivity contribution in [1.82, 2.24) is 9.55 Å². The van der Waals surface area contributed by atoms with Gasteiger partial charge in [-0.05, 0) is 47.5 Å². The maximum absolute atomic E-state index is 12.0. The lowest BCUT2D eigenvalue weighted by atomic mass is 10.2. The quantitative estimate of drug-likeness (QED) is 0.753. The molecule has 2 aromatic rings. The summed E-state index contributed by atoms with van der Waals surface area (Å²) < 4.78 is 3.36. The van der Waals surface area contributed by atoms with Crippen LogP contribution in [0.5, 0.6) is 0 Å². The van der Waals surface area contributed by atoms with Crippen LogP contribution in [0.4, 0.5) is 0 Å². The van der Waals surface area contributed by atoms with E-state index in [2.05, 4.69) is 36.8 Å². The van der Waals surface area contributed by atoms with Gasteiger partial charge in [0, 0.05) is 15.2 Å². The number of hydrogen-bond donors (Lipinski definition) is 0. The molecule has 2 rings (SSSR count). The summed E-state index contributed by atoms with van der Waals surface area (Å²) in [7, 11) is 0. The molecule has 0 unspecified atom stereocenters. The summed E-state index contributed by atoms with van der Waals surface area (Å²) in [6, 6.07) is 5.61. The van der Waals surface area contributed by atoms with Gasteiger partial charge in [0.05, 0.1) is 16.7 Å². The van der Waals surface area contributed by atoms with Gasteiger partial charge < -0.3 is 0 Å². The van der Waals surface area contributed by atoms with Crippen LogP contribution in [0.1, 0.15) is 17.0 Å². The molecule has 0 N–H and O–H groups in total. The Hall–Kier alpha value is -0.650. The number of nitrogens with zero attached hydrogens (tertiary/aromatic N) is 2. The Bertz CT molecular complexity index is 698. The molecule has 19 heavy (non-hydrogen) atoms. The van der Waals surface area contributed by atoms with E-state index in [1.54, 1.807) is 11.5 Å². The lowest BCUT2D eigenvalue weighted by Crippen LogP contribution is -2.27. The Morgan fingerprint density at radius 3 is 2.63 bits per heavy atom. The van der Waals surface area contributed by atoms with E-state index in [0.29, 0.717) is 17.3 Å². The lowest BCUT2D eigenvalue weighted by Gasteiger charge is -2.13. The van der Waals surface area contributed by atoms with Crippen LogP contribution in [0.25, 0.3) is 0 Å². The molecule has 0 spiro atoms. The normalized spacial score (nSPS) is 10.8. The molecule has 0 atom stereocenters. The predicted molar refractivity (Wildman–Crippen MR) is 83.9 cm³/mol. The highest BCUT2D eigenvalue weighted by Gasteiger charge is 2.11. The zero-order valence-corrected chi connectivity index (χ0v) is 14.3. The van der Waals surface area contributed by atoms with Gasteiger partial charge in [0.25, 0.3) is 0 Å². The molecule has 1 aromatic carbocycles. The number of benzene rings is 1. The third-order valence-corrected chi connectivity index (χ3v) is 4.87. The Balaban J connectivity index is 2.50. The van der Waals surface area contributed by atoms with Crippen molar-refractivity contribution in [2.45, 2.75) is 20.4 Å². The fourth-order valence-electron chi connectivity index (χ4n) is 1.78. The molecular formula is C13H11Br2ClN2O. The van der Waals surface area contributed by atoms with Gasteiger partial charge in [-0.2, -0.15) is 4.98 Å². The average Bonchev–Trinajstić information content (AvgIpc) is 2.34.